The molecule has 4 nitrogen and oxygen atoms in total. The maximum absolute atomic E-state index is 12.1. The van der Waals surface area contributed by atoms with Crippen LogP contribution in [0.25, 0.3) is 0 Å². The van der Waals surface area contributed by atoms with Crippen molar-refractivity contribution in [2.75, 3.05) is 19.7 Å². The summed E-state index contributed by atoms with van der Waals surface area (Å²) < 4.78 is 5.46. The summed E-state index contributed by atoms with van der Waals surface area (Å²) in [4.78, 5) is 12.1. The van der Waals surface area contributed by atoms with E-state index in [2.05, 4.69) is 10.6 Å². The third kappa shape index (κ3) is 3.96. The highest BCUT2D eigenvalue weighted by Gasteiger charge is 2.15. The number of para-hydroxylation sites is 1. The second-order valence-electron chi connectivity index (χ2n) is 4.77. The molecule has 19 heavy (non-hydrogen) atoms. The average Bonchev–Trinajstić information content (AvgIpc) is 2.93. The molecule has 0 saturated carbocycles. The van der Waals surface area contributed by atoms with Gasteiger partial charge in [-0.25, -0.2) is 0 Å². The van der Waals surface area contributed by atoms with E-state index in [4.69, 9.17) is 4.74 Å². The van der Waals surface area contributed by atoms with Gasteiger partial charge in [0.1, 0.15) is 5.75 Å². The van der Waals surface area contributed by atoms with Gasteiger partial charge in [0.15, 0.2) is 0 Å². The molecule has 1 aliphatic heterocycles. The zero-order chi connectivity index (χ0) is 13.5. The topological polar surface area (TPSA) is 50.4 Å². The number of rotatable bonds is 6. The van der Waals surface area contributed by atoms with E-state index >= 15 is 0 Å². The molecular formula is C15H22N2O2. The molecule has 1 amide bonds. The third-order valence-electron chi connectivity index (χ3n) is 3.37. The normalized spacial score (nSPS) is 18.3. The molecule has 4 heteroatoms. The Kier molecular flexibility index (Phi) is 5.21. The van der Waals surface area contributed by atoms with E-state index in [9.17, 15) is 4.79 Å². The van der Waals surface area contributed by atoms with Crippen LogP contribution in [0.2, 0.25) is 0 Å². The summed E-state index contributed by atoms with van der Waals surface area (Å²) in [5.41, 5.74) is 0.615. The quantitative estimate of drug-likeness (QED) is 0.824. The molecule has 1 aliphatic rings. The van der Waals surface area contributed by atoms with Crippen molar-refractivity contribution in [2.45, 2.75) is 32.2 Å². The molecule has 0 radical (unpaired) electrons. The molecule has 1 atom stereocenters. The molecule has 0 unspecified atom stereocenters. The van der Waals surface area contributed by atoms with Gasteiger partial charge in [0, 0.05) is 12.6 Å². The van der Waals surface area contributed by atoms with Crippen LogP contribution in [0.15, 0.2) is 24.3 Å². The van der Waals surface area contributed by atoms with Crippen LogP contribution < -0.4 is 15.4 Å². The van der Waals surface area contributed by atoms with Crippen LogP contribution >= 0.6 is 0 Å². The Morgan fingerprint density at radius 2 is 2.32 bits per heavy atom. The van der Waals surface area contributed by atoms with Crippen LogP contribution in [-0.4, -0.2) is 31.6 Å². The van der Waals surface area contributed by atoms with E-state index in [0.29, 0.717) is 30.5 Å². The standard InChI is InChI=1S/C15H22N2O2/c1-2-19-14-8-4-3-7-13(14)15(18)17-11-9-12-6-5-10-16-12/h3-4,7-8,12,16H,2,5-6,9-11H2,1H3,(H,17,18)/t12-/m1/s1. The molecule has 1 fully saturated rings. The van der Waals surface area contributed by atoms with Gasteiger partial charge in [0.2, 0.25) is 0 Å². The Labute approximate surface area is 114 Å². The van der Waals surface area contributed by atoms with Gasteiger partial charge >= 0.3 is 0 Å². The number of nitrogens with one attached hydrogen (secondary N) is 2. The highest BCUT2D eigenvalue weighted by atomic mass is 16.5. The highest BCUT2D eigenvalue weighted by molar-refractivity contribution is 5.96. The molecule has 1 aromatic carbocycles. The monoisotopic (exact) mass is 262 g/mol. The first-order valence-corrected chi connectivity index (χ1v) is 7.04. The molecular weight excluding hydrogens is 240 g/mol. The van der Waals surface area contributed by atoms with Crippen molar-refractivity contribution in [1.29, 1.82) is 0 Å². The van der Waals surface area contributed by atoms with Gasteiger partial charge in [-0.2, -0.15) is 0 Å². The van der Waals surface area contributed by atoms with Crippen LogP contribution in [-0.2, 0) is 0 Å². The minimum atomic E-state index is -0.0537. The van der Waals surface area contributed by atoms with E-state index < -0.39 is 0 Å². The Bertz CT molecular complexity index is 414. The fourth-order valence-electron chi connectivity index (χ4n) is 2.39. The van der Waals surface area contributed by atoms with E-state index in [0.717, 1.165) is 13.0 Å². The van der Waals surface area contributed by atoms with Crippen LogP contribution in [0, 0.1) is 0 Å². The Morgan fingerprint density at radius 3 is 3.05 bits per heavy atom. The lowest BCUT2D eigenvalue weighted by Gasteiger charge is -2.12. The van der Waals surface area contributed by atoms with E-state index in [1.165, 1.54) is 12.8 Å². The van der Waals surface area contributed by atoms with E-state index in [1.54, 1.807) is 6.07 Å². The number of hydrogen-bond acceptors (Lipinski definition) is 3. The van der Waals surface area contributed by atoms with Gasteiger partial charge in [-0.1, -0.05) is 12.1 Å². The van der Waals surface area contributed by atoms with Gasteiger partial charge in [-0.15, -0.1) is 0 Å². The summed E-state index contributed by atoms with van der Waals surface area (Å²) in [5, 5.41) is 6.39. The largest absolute Gasteiger partial charge is 0.493 e. The van der Waals surface area contributed by atoms with Gasteiger partial charge in [0.25, 0.3) is 5.91 Å². The first-order chi connectivity index (χ1) is 9.31. The van der Waals surface area contributed by atoms with Crippen LogP contribution in [0.3, 0.4) is 0 Å². The lowest BCUT2D eigenvalue weighted by molar-refractivity contribution is 0.0948. The Morgan fingerprint density at radius 1 is 1.47 bits per heavy atom. The van der Waals surface area contributed by atoms with Gasteiger partial charge in [-0.3, -0.25) is 4.79 Å². The zero-order valence-electron chi connectivity index (χ0n) is 11.4. The Balaban J connectivity index is 1.84. The van der Waals surface area contributed by atoms with E-state index in [1.807, 2.05) is 25.1 Å². The molecule has 0 bridgehead atoms. The Hall–Kier alpha value is -1.55. The maximum atomic E-state index is 12.1. The zero-order valence-corrected chi connectivity index (χ0v) is 11.4. The first kappa shape index (κ1) is 13.9. The number of carbonyl (C=O) groups excluding carboxylic acids is 1. The maximum Gasteiger partial charge on any atom is 0.255 e. The highest BCUT2D eigenvalue weighted by Crippen LogP contribution is 2.17. The molecule has 104 valence electrons. The van der Waals surface area contributed by atoms with Crippen molar-refractivity contribution in [1.82, 2.24) is 10.6 Å². The second kappa shape index (κ2) is 7.14. The summed E-state index contributed by atoms with van der Waals surface area (Å²) in [7, 11) is 0. The molecule has 0 spiro atoms. The van der Waals surface area contributed by atoms with Crippen LogP contribution in [0.1, 0.15) is 36.5 Å². The van der Waals surface area contributed by atoms with E-state index in [-0.39, 0.29) is 5.91 Å². The summed E-state index contributed by atoms with van der Waals surface area (Å²) in [6.07, 6.45) is 3.44. The fraction of sp³-hybridized carbons (Fsp3) is 0.533. The molecule has 2 N–H and O–H groups in total. The van der Waals surface area contributed by atoms with Crippen molar-refractivity contribution in [3.63, 3.8) is 0 Å². The van der Waals surface area contributed by atoms with Crippen molar-refractivity contribution >= 4 is 5.91 Å². The predicted octanol–water partition coefficient (Wildman–Crippen LogP) is 1.96. The number of benzene rings is 1. The molecule has 1 aromatic rings. The van der Waals surface area contributed by atoms with Crippen molar-refractivity contribution < 1.29 is 9.53 Å². The SMILES string of the molecule is CCOc1ccccc1C(=O)NCC[C@H]1CCCN1. The number of carbonyl (C=O) groups is 1. The minimum Gasteiger partial charge on any atom is -0.493 e. The number of amides is 1. The van der Waals surface area contributed by atoms with Gasteiger partial charge in [-0.05, 0) is 44.9 Å². The van der Waals surface area contributed by atoms with Crippen LogP contribution in [0.4, 0.5) is 0 Å². The lowest BCUT2D eigenvalue weighted by atomic mass is 10.1. The van der Waals surface area contributed by atoms with Gasteiger partial charge in [0.05, 0.1) is 12.2 Å². The molecule has 1 heterocycles. The molecule has 0 aliphatic carbocycles. The summed E-state index contributed by atoms with van der Waals surface area (Å²) in [6, 6.07) is 7.92. The third-order valence-corrected chi connectivity index (χ3v) is 3.37. The average molecular weight is 262 g/mol. The molecule has 1 saturated heterocycles. The summed E-state index contributed by atoms with van der Waals surface area (Å²) in [5.74, 6) is 0.600. The van der Waals surface area contributed by atoms with Crippen molar-refractivity contribution in [2.24, 2.45) is 0 Å². The number of hydrogen-bond donors (Lipinski definition) is 2. The second-order valence-corrected chi connectivity index (χ2v) is 4.77. The summed E-state index contributed by atoms with van der Waals surface area (Å²) >= 11 is 0. The fourth-order valence-corrected chi connectivity index (χ4v) is 2.39. The molecule has 0 aromatic heterocycles. The number of ether oxygens (including phenoxy) is 1. The van der Waals surface area contributed by atoms with Gasteiger partial charge < -0.3 is 15.4 Å². The lowest BCUT2D eigenvalue weighted by Crippen LogP contribution is -2.30. The smallest absolute Gasteiger partial charge is 0.255 e. The van der Waals surface area contributed by atoms with Crippen molar-refractivity contribution in [3.8, 4) is 5.75 Å². The molecule has 2 rings (SSSR count). The van der Waals surface area contributed by atoms with Crippen LogP contribution in [0.5, 0.6) is 5.75 Å². The first-order valence-electron chi connectivity index (χ1n) is 7.04. The summed E-state index contributed by atoms with van der Waals surface area (Å²) in [6.45, 7) is 4.29. The predicted molar refractivity (Wildman–Crippen MR) is 75.6 cm³/mol. The minimum absolute atomic E-state index is 0.0537. The van der Waals surface area contributed by atoms with Crippen molar-refractivity contribution in [3.05, 3.63) is 29.8 Å².